The molecule has 1 aliphatic rings. The third kappa shape index (κ3) is 4.57. The number of phenols is 1. The highest BCUT2D eigenvalue weighted by molar-refractivity contribution is 6.08. The van der Waals surface area contributed by atoms with Crippen LogP contribution in [0.5, 0.6) is 5.75 Å². The van der Waals surface area contributed by atoms with Gasteiger partial charge in [-0.2, -0.15) is 0 Å². The number of carbonyl (C=O) groups excluding carboxylic acids is 2. The van der Waals surface area contributed by atoms with E-state index in [0.717, 1.165) is 0 Å². The first-order valence-corrected chi connectivity index (χ1v) is 11.2. The molecule has 2 aromatic carbocycles. The predicted octanol–water partition coefficient (Wildman–Crippen LogP) is 3.43. The molecule has 1 aromatic heterocycles. The predicted molar refractivity (Wildman–Crippen MR) is 130 cm³/mol. The van der Waals surface area contributed by atoms with Crippen LogP contribution in [-0.2, 0) is 11.3 Å². The summed E-state index contributed by atoms with van der Waals surface area (Å²) < 4.78 is 16.9. The standard InChI is InChI=1S/C26H26FN3O4/c1-3-28-16-21(25(33)9-6-18-4-7-19(32)8-5-18)26(34)20-14-22(27)24(15-23(20)28)30-12-10-29(11-13-30)17(2)31/h4-9,14-16,32H,3,10-13H2,1-2H3/b9-6+. The number of fused-ring (bicyclic) bond motifs is 1. The van der Waals surface area contributed by atoms with E-state index in [0.29, 0.717) is 49.5 Å². The van der Waals surface area contributed by atoms with Gasteiger partial charge in [-0.15, -0.1) is 0 Å². The lowest BCUT2D eigenvalue weighted by Crippen LogP contribution is -2.48. The van der Waals surface area contributed by atoms with Crippen LogP contribution in [0.2, 0.25) is 0 Å². The molecule has 1 aliphatic heterocycles. The minimum absolute atomic E-state index is 0.00453. The summed E-state index contributed by atoms with van der Waals surface area (Å²) in [7, 11) is 0. The average molecular weight is 464 g/mol. The Kier molecular flexibility index (Phi) is 6.49. The number of ketones is 1. The number of nitrogens with zero attached hydrogens (tertiary/aromatic N) is 3. The molecule has 1 fully saturated rings. The fraction of sp³-hybridized carbons (Fsp3) is 0.269. The molecule has 3 aromatic rings. The maximum Gasteiger partial charge on any atom is 0.219 e. The molecule has 1 N–H and O–H groups in total. The van der Waals surface area contributed by atoms with Gasteiger partial charge in [-0.25, -0.2) is 4.39 Å². The monoisotopic (exact) mass is 463 g/mol. The second-order valence-electron chi connectivity index (χ2n) is 8.26. The summed E-state index contributed by atoms with van der Waals surface area (Å²) in [6.45, 7) is 5.91. The SMILES string of the molecule is CCn1cc(C(=O)/C=C/c2ccc(O)cc2)c(=O)c2cc(F)c(N3CCN(C(C)=O)CC3)cc21. The second kappa shape index (κ2) is 9.51. The van der Waals surface area contributed by atoms with Crippen LogP contribution < -0.4 is 10.3 Å². The Balaban J connectivity index is 1.69. The summed E-state index contributed by atoms with van der Waals surface area (Å²) in [5.74, 6) is -0.902. The van der Waals surface area contributed by atoms with Crippen molar-refractivity contribution in [1.29, 1.82) is 0 Å². The van der Waals surface area contributed by atoms with Crippen molar-refractivity contribution < 1.29 is 19.1 Å². The molecule has 1 saturated heterocycles. The third-order valence-electron chi connectivity index (χ3n) is 6.14. The van der Waals surface area contributed by atoms with Gasteiger partial charge in [0.15, 0.2) is 5.78 Å². The largest absolute Gasteiger partial charge is 0.508 e. The van der Waals surface area contributed by atoms with Gasteiger partial charge in [-0.1, -0.05) is 18.2 Å². The Morgan fingerprint density at radius 3 is 2.38 bits per heavy atom. The summed E-state index contributed by atoms with van der Waals surface area (Å²) in [6, 6.07) is 9.17. The maximum atomic E-state index is 15.1. The smallest absolute Gasteiger partial charge is 0.219 e. The van der Waals surface area contributed by atoms with E-state index in [4.69, 9.17) is 0 Å². The zero-order valence-electron chi connectivity index (χ0n) is 19.1. The van der Waals surface area contributed by atoms with E-state index in [9.17, 15) is 19.5 Å². The van der Waals surface area contributed by atoms with E-state index < -0.39 is 17.0 Å². The molecule has 8 heteroatoms. The molecule has 4 rings (SSSR count). The van der Waals surface area contributed by atoms with Crippen LogP contribution in [0.4, 0.5) is 10.1 Å². The first-order chi connectivity index (χ1) is 16.3. The summed E-state index contributed by atoms with van der Waals surface area (Å²) in [4.78, 5) is 41.1. The molecule has 1 amide bonds. The highest BCUT2D eigenvalue weighted by atomic mass is 19.1. The van der Waals surface area contributed by atoms with Crippen molar-refractivity contribution in [2.75, 3.05) is 31.1 Å². The molecule has 0 aliphatic carbocycles. The van der Waals surface area contributed by atoms with Crippen LogP contribution in [-0.4, -0.2) is 52.4 Å². The van der Waals surface area contributed by atoms with Crippen molar-refractivity contribution in [3.05, 3.63) is 75.8 Å². The lowest BCUT2D eigenvalue weighted by molar-refractivity contribution is -0.129. The molecule has 0 unspecified atom stereocenters. The number of pyridine rings is 1. The number of anilines is 1. The number of aryl methyl sites for hydroxylation is 1. The quantitative estimate of drug-likeness (QED) is 0.463. The second-order valence-corrected chi connectivity index (χ2v) is 8.26. The van der Waals surface area contributed by atoms with E-state index in [2.05, 4.69) is 0 Å². The number of hydrogen-bond acceptors (Lipinski definition) is 5. The van der Waals surface area contributed by atoms with Gasteiger partial charge in [0, 0.05) is 51.2 Å². The van der Waals surface area contributed by atoms with Gasteiger partial charge in [0.25, 0.3) is 0 Å². The normalized spacial score (nSPS) is 14.2. The molecule has 0 atom stereocenters. The number of hydrogen-bond donors (Lipinski definition) is 1. The molecular weight excluding hydrogens is 437 g/mol. The fourth-order valence-corrected chi connectivity index (χ4v) is 4.19. The van der Waals surface area contributed by atoms with Crippen molar-refractivity contribution in [2.24, 2.45) is 0 Å². The van der Waals surface area contributed by atoms with Crippen molar-refractivity contribution in [3.63, 3.8) is 0 Å². The average Bonchev–Trinajstić information content (AvgIpc) is 2.84. The van der Waals surface area contributed by atoms with E-state index in [1.807, 2.05) is 11.8 Å². The zero-order chi connectivity index (χ0) is 24.4. The Labute approximate surface area is 196 Å². The van der Waals surface area contributed by atoms with Crippen molar-refractivity contribution in [3.8, 4) is 5.75 Å². The van der Waals surface area contributed by atoms with Crippen LogP contribution in [0.25, 0.3) is 17.0 Å². The maximum absolute atomic E-state index is 15.1. The van der Waals surface area contributed by atoms with E-state index in [1.165, 1.54) is 37.4 Å². The van der Waals surface area contributed by atoms with Crippen LogP contribution in [0, 0.1) is 5.82 Å². The minimum Gasteiger partial charge on any atom is -0.508 e. The van der Waals surface area contributed by atoms with E-state index >= 15 is 4.39 Å². The van der Waals surface area contributed by atoms with E-state index in [1.54, 1.807) is 33.7 Å². The number of aromatic nitrogens is 1. The molecule has 2 heterocycles. The highest BCUT2D eigenvalue weighted by Crippen LogP contribution is 2.26. The van der Waals surface area contributed by atoms with Gasteiger partial charge >= 0.3 is 0 Å². The Bertz CT molecular complexity index is 1340. The summed E-state index contributed by atoms with van der Waals surface area (Å²) in [5.41, 5.74) is 1.07. The first kappa shape index (κ1) is 23.2. The van der Waals surface area contributed by atoms with Crippen LogP contribution in [0.15, 0.2) is 53.5 Å². The Hall–Kier alpha value is -3.94. The number of halogens is 1. The van der Waals surface area contributed by atoms with Gasteiger partial charge in [0.2, 0.25) is 11.3 Å². The number of amides is 1. The highest BCUT2D eigenvalue weighted by Gasteiger charge is 2.23. The molecule has 34 heavy (non-hydrogen) atoms. The van der Waals surface area contributed by atoms with Gasteiger partial charge in [0.05, 0.1) is 16.8 Å². The number of aromatic hydroxyl groups is 1. The fourth-order valence-electron chi connectivity index (χ4n) is 4.19. The number of benzene rings is 2. The molecule has 0 spiro atoms. The molecule has 176 valence electrons. The molecule has 0 saturated carbocycles. The van der Waals surface area contributed by atoms with Crippen molar-refractivity contribution in [1.82, 2.24) is 9.47 Å². The lowest BCUT2D eigenvalue weighted by Gasteiger charge is -2.36. The summed E-state index contributed by atoms with van der Waals surface area (Å²) in [5, 5.41) is 9.53. The van der Waals surface area contributed by atoms with Crippen molar-refractivity contribution >= 4 is 34.4 Å². The molecule has 0 bridgehead atoms. The Morgan fingerprint density at radius 2 is 1.76 bits per heavy atom. The van der Waals surface area contributed by atoms with Gasteiger partial charge in [0.1, 0.15) is 11.6 Å². The third-order valence-corrected chi connectivity index (χ3v) is 6.14. The van der Waals surface area contributed by atoms with Gasteiger partial charge in [-0.3, -0.25) is 14.4 Å². The minimum atomic E-state index is -0.534. The van der Waals surface area contributed by atoms with Crippen LogP contribution >= 0.6 is 0 Å². The van der Waals surface area contributed by atoms with Gasteiger partial charge < -0.3 is 19.5 Å². The number of rotatable bonds is 5. The number of piperazine rings is 1. The molecular formula is C26H26FN3O4. The summed E-state index contributed by atoms with van der Waals surface area (Å²) >= 11 is 0. The zero-order valence-corrected chi connectivity index (χ0v) is 19.1. The van der Waals surface area contributed by atoms with Crippen LogP contribution in [0.1, 0.15) is 29.8 Å². The number of phenolic OH excluding ortho intramolecular Hbond substituents is 1. The Morgan fingerprint density at radius 1 is 1.09 bits per heavy atom. The summed E-state index contributed by atoms with van der Waals surface area (Å²) in [6.07, 6.45) is 4.38. The van der Waals surface area contributed by atoms with Crippen LogP contribution in [0.3, 0.4) is 0 Å². The topological polar surface area (TPSA) is 82.8 Å². The lowest BCUT2D eigenvalue weighted by atomic mass is 10.1. The number of allylic oxidation sites excluding steroid dienone is 1. The van der Waals surface area contributed by atoms with Gasteiger partial charge in [-0.05, 0) is 42.8 Å². The number of carbonyl (C=O) groups is 2. The molecule has 7 nitrogen and oxygen atoms in total. The molecule has 0 radical (unpaired) electrons. The van der Waals surface area contributed by atoms with Crippen molar-refractivity contribution in [2.45, 2.75) is 20.4 Å². The first-order valence-electron chi connectivity index (χ1n) is 11.2. The van der Waals surface area contributed by atoms with E-state index in [-0.39, 0.29) is 22.6 Å².